The fourth-order valence-electron chi connectivity index (χ4n) is 9.39. The molecular weight excluding hydrogens is 851 g/mol. The van der Waals surface area contributed by atoms with Crippen molar-refractivity contribution in [1.82, 2.24) is 19.4 Å². The van der Waals surface area contributed by atoms with Gasteiger partial charge in [-0.25, -0.2) is 4.79 Å². The van der Waals surface area contributed by atoms with Gasteiger partial charge in [0.25, 0.3) is 0 Å². The van der Waals surface area contributed by atoms with Gasteiger partial charge >= 0.3 is 18.4 Å². The minimum atomic E-state index is -4.15. The summed E-state index contributed by atoms with van der Waals surface area (Å²) in [5.74, 6) is 0.447. The Morgan fingerprint density at radius 2 is 1.11 bits per heavy atom. The Kier molecular flexibility index (Phi) is 16.2. The van der Waals surface area contributed by atoms with E-state index in [-0.39, 0.29) is 22.6 Å². The van der Waals surface area contributed by atoms with E-state index in [0.29, 0.717) is 49.2 Å². The number of nitrogens with one attached hydrogen (secondary N) is 3. The van der Waals surface area contributed by atoms with Gasteiger partial charge in [0.15, 0.2) is 0 Å². The summed E-state index contributed by atoms with van der Waals surface area (Å²) < 4.78 is 82.9. The van der Waals surface area contributed by atoms with Crippen LogP contribution in [-0.2, 0) is 27.2 Å². The van der Waals surface area contributed by atoms with E-state index in [9.17, 15) is 40.7 Å². The number of anilines is 2. The number of aromatic nitrogens is 2. The molecule has 2 aliphatic heterocycles. The summed E-state index contributed by atoms with van der Waals surface area (Å²) in [5, 5.41) is 7.40. The zero-order chi connectivity index (χ0) is 48.1. The lowest BCUT2D eigenvalue weighted by Gasteiger charge is -2.41. The Hall–Kier alpha value is -4.57. The van der Waals surface area contributed by atoms with Crippen molar-refractivity contribution in [1.29, 1.82) is 0 Å². The summed E-state index contributed by atoms with van der Waals surface area (Å²) in [5.41, 5.74) is 4.61. The minimum Gasteiger partial charge on any atom is -0.443 e. The highest BCUT2D eigenvalue weighted by Crippen LogP contribution is 2.41. The molecule has 6 rings (SSSR count). The van der Waals surface area contributed by atoms with Gasteiger partial charge in [0.2, 0.25) is 11.8 Å². The normalized spacial score (nSPS) is 16.7. The van der Waals surface area contributed by atoms with Crippen LogP contribution in [0.5, 0.6) is 0 Å². The first-order valence-corrected chi connectivity index (χ1v) is 22.7. The molecule has 2 aromatic heterocycles. The van der Waals surface area contributed by atoms with Crippen molar-refractivity contribution in [2.75, 3.05) is 49.9 Å². The van der Waals surface area contributed by atoms with Gasteiger partial charge in [0, 0.05) is 42.5 Å². The number of hydrogen-bond acceptors (Lipinski definition) is 6. The number of aromatic amines is 1. The third-order valence-corrected chi connectivity index (χ3v) is 13.1. The monoisotopic (exact) mass is 919 g/mol. The van der Waals surface area contributed by atoms with Gasteiger partial charge in [0.1, 0.15) is 5.60 Å². The van der Waals surface area contributed by atoms with Crippen LogP contribution in [0.25, 0.3) is 21.8 Å². The maximum atomic E-state index is 12.8. The number of rotatable bonds is 12. The van der Waals surface area contributed by atoms with Crippen LogP contribution in [0.3, 0.4) is 0 Å². The molecule has 0 saturated carbocycles. The number of carbonyl (C=O) groups excluding carboxylic acids is 3. The Bertz CT molecular complexity index is 2250. The molecule has 2 saturated heterocycles. The van der Waals surface area contributed by atoms with Crippen LogP contribution in [0, 0.1) is 22.7 Å². The molecule has 0 bridgehead atoms. The first kappa shape index (κ1) is 51.4. The quantitative estimate of drug-likeness (QED) is 0.122. The number of aryl methyl sites for hydroxylation is 2. The maximum Gasteiger partial charge on any atom is 0.419 e. The molecule has 2 aliphatic rings. The molecule has 2 fully saturated rings. The predicted octanol–water partition coefficient (Wildman–Crippen LogP) is 12.0. The number of fused-ring (bicyclic) bond motifs is 2. The first-order valence-electron chi connectivity index (χ1n) is 22.7. The van der Waals surface area contributed by atoms with E-state index in [4.69, 9.17) is 4.74 Å². The highest BCUT2D eigenvalue weighted by molar-refractivity contribution is 6.04. The SMILES string of the molecule is CC(=O)Nc1c[nH]c2ccc(CCC(C)(C)C3CCN(CC(F)(F)F)CC3)cc12.CC(=O)Nc1cn(C(=O)OC(C)(C)C)c2ccc(CCC(C)(C)C3CCN(CC(F)(F)F)CC3)cc12. The van der Waals surface area contributed by atoms with Crippen LogP contribution >= 0.6 is 0 Å². The molecule has 4 aromatic rings. The lowest BCUT2D eigenvalue weighted by molar-refractivity contribution is -0.150. The second-order valence-electron chi connectivity index (χ2n) is 20.5. The standard InChI is InChI=1S/C27H38F3N3O3.C22H30F3N3O/c1-18(34)31-22-16-33(24(35)36-25(2,3)4)23-8-7-19(15-21(22)23)9-12-26(5,6)20-10-13-32(14-11-20)17-27(28,29)30;1-15(29)27-20-13-26-19-5-4-16(12-18(19)20)6-9-21(2,3)17-7-10-28(11-8-17)14-22(23,24)25/h7-8,15-16,20H,9-14,17H2,1-6H3,(H,31,34);4-5,12-13,17,26H,6-11,14H2,1-3H3,(H,27,29). The van der Waals surface area contributed by atoms with Crippen LogP contribution in [0.1, 0.15) is 112 Å². The molecule has 0 radical (unpaired) electrons. The topological polar surface area (TPSA) is 112 Å². The lowest BCUT2D eigenvalue weighted by Crippen LogP contribution is -2.43. The molecule has 2 aromatic carbocycles. The fraction of sp³-hybridized carbons (Fsp3) is 0.612. The molecule has 2 amide bonds. The Morgan fingerprint density at radius 3 is 1.55 bits per heavy atom. The van der Waals surface area contributed by atoms with E-state index in [1.165, 1.54) is 33.8 Å². The van der Waals surface area contributed by atoms with Crippen molar-refractivity contribution in [2.45, 2.75) is 132 Å². The molecule has 4 heterocycles. The second kappa shape index (κ2) is 20.5. The van der Waals surface area contributed by atoms with E-state index in [0.717, 1.165) is 78.9 Å². The molecule has 3 N–H and O–H groups in total. The number of nitrogens with zero attached hydrogens (tertiary/aromatic N) is 3. The third-order valence-electron chi connectivity index (χ3n) is 13.1. The van der Waals surface area contributed by atoms with Crippen LogP contribution in [0.15, 0.2) is 48.8 Å². The Balaban J connectivity index is 0.000000250. The number of likely N-dealkylation sites (tertiary alicyclic amines) is 2. The van der Waals surface area contributed by atoms with E-state index >= 15 is 0 Å². The zero-order valence-corrected chi connectivity index (χ0v) is 39.4. The fourth-order valence-corrected chi connectivity index (χ4v) is 9.39. The number of halogens is 6. The number of benzene rings is 2. The summed E-state index contributed by atoms with van der Waals surface area (Å²) in [6.45, 7) is 17.5. The number of alkyl halides is 6. The van der Waals surface area contributed by atoms with Crippen molar-refractivity contribution in [2.24, 2.45) is 22.7 Å². The summed E-state index contributed by atoms with van der Waals surface area (Å²) in [7, 11) is 0. The maximum absolute atomic E-state index is 12.8. The summed E-state index contributed by atoms with van der Waals surface area (Å²) in [4.78, 5) is 42.1. The van der Waals surface area contributed by atoms with E-state index < -0.39 is 37.1 Å². The largest absolute Gasteiger partial charge is 0.443 e. The van der Waals surface area contributed by atoms with Crippen molar-refractivity contribution in [3.8, 4) is 0 Å². The van der Waals surface area contributed by atoms with Crippen LogP contribution in [-0.4, -0.2) is 94.5 Å². The molecule has 0 atom stereocenters. The van der Waals surface area contributed by atoms with Gasteiger partial charge in [-0.3, -0.25) is 24.0 Å². The number of carbonyl (C=O) groups is 3. The van der Waals surface area contributed by atoms with Crippen molar-refractivity contribution >= 4 is 51.1 Å². The average molecular weight is 919 g/mol. The third kappa shape index (κ3) is 15.2. The molecule has 0 aliphatic carbocycles. The predicted molar refractivity (Wildman–Crippen MR) is 245 cm³/mol. The molecule has 0 unspecified atom stereocenters. The number of amides is 2. The first-order chi connectivity index (χ1) is 30.1. The second-order valence-corrected chi connectivity index (χ2v) is 20.5. The summed E-state index contributed by atoms with van der Waals surface area (Å²) >= 11 is 0. The van der Waals surface area contributed by atoms with E-state index in [1.807, 2.05) is 24.3 Å². The Labute approximate surface area is 379 Å². The molecule has 65 heavy (non-hydrogen) atoms. The van der Waals surface area contributed by atoms with Crippen LogP contribution in [0.4, 0.5) is 42.5 Å². The van der Waals surface area contributed by atoms with Crippen LogP contribution in [0.2, 0.25) is 0 Å². The van der Waals surface area contributed by atoms with Crippen molar-refractivity contribution in [3.05, 3.63) is 59.9 Å². The molecule has 16 heteroatoms. The molecule has 360 valence electrons. The van der Waals surface area contributed by atoms with Gasteiger partial charge in [0.05, 0.1) is 30.0 Å². The minimum absolute atomic E-state index is 0.0256. The number of H-pyrrole nitrogens is 1. The van der Waals surface area contributed by atoms with Crippen LogP contribution < -0.4 is 10.6 Å². The van der Waals surface area contributed by atoms with Crippen molar-refractivity contribution < 1.29 is 45.5 Å². The summed E-state index contributed by atoms with van der Waals surface area (Å²) in [6.07, 6.45) is 1.27. The van der Waals surface area contributed by atoms with Crippen molar-refractivity contribution in [3.63, 3.8) is 0 Å². The van der Waals surface area contributed by atoms with E-state index in [2.05, 4.69) is 55.4 Å². The van der Waals surface area contributed by atoms with Gasteiger partial charge in [-0.05, 0) is 156 Å². The average Bonchev–Trinajstić information content (AvgIpc) is 3.75. The van der Waals surface area contributed by atoms with Gasteiger partial charge in [-0.15, -0.1) is 0 Å². The smallest absolute Gasteiger partial charge is 0.419 e. The van der Waals surface area contributed by atoms with Gasteiger partial charge in [-0.1, -0.05) is 39.8 Å². The highest BCUT2D eigenvalue weighted by atomic mass is 19.4. The van der Waals surface area contributed by atoms with E-state index in [1.54, 1.807) is 33.2 Å². The number of piperidine rings is 2. The lowest BCUT2D eigenvalue weighted by atomic mass is 9.70. The van der Waals surface area contributed by atoms with Gasteiger partial charge in [-0.2, -0.15) is 26.3 Å². The molecular formula is C49H68F6N6O4. The molecule has 10 nitrogen and oxygen atoms in total. The highest BCUT2D eigenvalue weighted by Gasteiger charge is 2.38. The Morgan fingerprint density at radius 1 is 0.662 bits per heavy atom. The molecule has 0 spiro atoms. The van der Waals surface area contributed by atoms with Gasteiger partial charge < -0.3 is 20.4 Å². The number of ether oxygens (including phenoxy) is 1. The number of hydrogen-bond donors (Lipinski definition) is 3. The summed E-state index contributed by atoms with van der Waals surface area (Å²) in [6, 6.07) is 12.1. The zero-order valence-electron chi connectivity index (χ0n) is 39.4.